The molecule has 0 atom stereocenters. The molecule has 2 aromatic heterocycles. The van der Waals surface area contributed by atoms with Crippen LogP contribution in [0.4, 0.5) is 0 Å². The molecule has 1 N–H and O–H groups in total. The zero-order valence-electron chi connectivity index (χ0n) is 10.8. The number of nitrogens with zero attached hydrogens (tertiary/aromatic N) is 4. The molecular weight excluding hydrogens is 262 g/mol. The molecular formula is C12H15N5OS. The van der Waals surface area contributed by atoms with E-state index in [1.165, 1.54) is 11.3 Å². The van der Waals surface area contributed by atoms with Gasteiger partial charge in [-0.05, 0) is 7.05 Å². The van der Waals surface area contributed by atoms with Crippen LogP contribution in [0, 0.1) is 0 Å². The van der Waals surface area contributed by atoms with E-state index >= 15 is 0 Å². The second-order valence-electron chi connectivity index (χ2n) is 3.96. The summed E-state index contributed by atoms with van der Waals surface area (Å²) in [5.74, 6) is -0.0818. The number of likely N-dealkylation sites (N-methyl/N-ethyl adjacent to an activating group) is 2. The van der Waals surface area contributed by atoms with Crippen molar-refractivity contribution in [2.24, 2.45) is 0 Å². The monoisotopic (exact) mass is 277 g/mol. The van der Waals surface area contributed by atoms with Crippen LogP contribution in [0.3, 0.4) is 0 Å². The largest absolute Gasteiger partial charge is 0.339 e. The second-order valence-corrected chi connectivity index (χ2v) is 4.82. The maximum absolute atomic E-state index is 12.1. The Morgan fingerprint density at radius 2 is 2.32 bits per heavy atom. The van der Waals surface area contributed by atoms with Crippen LogP contribution < -0.4 is 5.32 Å². The van der Waals surface area contributed by atoms with Crippen LogP contribution in [0.15, 0.2) is 24.0 Å². The first kappa shape index (κ1) is 13.6. The molecule has 0 spiro atoms. The summed E-state index contributed by atoms with van der Waals surface area (Å²) in [5, 5.41) is 5.47. The third-order valence-electron chi connectivity index (χ3n) is 2.55. The number of carbonyl (C=O) groups is 1. The lowest BCUT2D eigenvalue weighted by molar-refractivity contribution is 0.0792. The molecule has 0 radical (unpaired) electrons. The van der Waals surface area contributed by atoms with Crippen molar-refractivity contribution < 1.29 is 4.79 Å². The van der Waals surface area contributed by atoms with Gasteiger partial charge in [-0.1, -0.05) is 0 Å². The van der Waals surface area contributed by atoms with E-state index in [0.717, 1.165) is 6.54 Å². The van der Waals surface area contributed by atoms with Crippen molar-refractivity contribution in [2.45, 2.75) is 0 Å². The van der Waals surface area contributed by atoms with E-state index in [1.807, 2.05) is 7.05 Å². The maximum Gasteiger partial charge on any atom is 0.273 e. The SMILES string of the molecule is CNCCN(C)C(=O)c1csc(-c2cnccn2)n1. The fraction of sp³-hybridized carbons (Fsp3) is 0.333. The van der Waals surface area contributed by atoms with Crippen LogP contribution in [0.5, 0.6) is 0 Å². The summed E-state index contributed by atoms with van der Waals surface area (Å²) in [6.45, 7) is 1.40. The Morgan fingerprint density at radius 1 is 1.47 bits per heavy atom. The summed E-state index contributed by atoms with van der Waals surface area (Å²) < 4.78 is 0. The summed E-state index contributed by atoms with van der Waals surface area (Å²) in [4.78, 5) is 26.2. The summed E-state index contributed by atoms with van der Waals surface area (Å²) in [6.07, 6.45) is 4.85. The van der Waals surface area contributed by atoms with Crippen LogP contribution in [0.1, 0.15) is 10.5 Å². The summed E-state index contributed by atoms with van der Waals surface area (Å²) >= 11 is 1.40. The Labute approximate surface area is 115 Å². The lowest BCUT2D eigenvalue weighted by Gasteiger charge is -2.15. The van der Waals surface area contributed by atoms with Crippen molar-refractivity contribution in [3.63, 3.8) is 0 Å². The number of thiazole rings is 1. The number of carbonyl (C=O) groups excluding carboxylic acids is 1. The molecule has 2 heterocycles. The molecule has 0 saturated heterocycles. The number of nitrogens with one attached hydrogen (secondary N) is 1. The third-order valence-corrected chi connectivity index (χ3v) is 3.41. The number of rotatable bonds is 5. The predicted molar refractivity (Wildman–Crippen MR) is 74.0 cm³/mol. The lowest BCUT2D eigenvalue weighted by Crippen LogP contribution is -2.32. The van der Waals surface area contributed by atoms with Crippen LogP contribution in [-0.4, -0.2) is 52.9 Å². The summed E-state index contributed by atoms with van der Waals surface area (Å²) in [5.41, 5.74) is 1.13. The van der Waals surface area contributed by atoms with Gasteiger partial charge in [-0.15, -0.1) is 11.3 Å². The van der Waals surface area contributed by atoms with Gasteiger partial charge in [0, 0.05) is 37.9 Å². The highest BCUT2D eigenvalue weighted by atomic mass is 32.1. The maximum atomic E-state index is 12.1. The van der Waals surface area contributed by atoms with Crippen molar-refractivity contribution in [2.75, 3.05) is 27.2 Å². The zero-order valence-corrected chi connectivity index (χ0v) is 11.6. The van der Waals surface area contributed by atoms with Gasteiger partial charge in [-0.2, -0.15) is 0 Å². The molecule has 0 fully saturated rings. The Bertz CT molecular complexity index is 542. The van der Waals surface area contributed by atoms with E-state index in [-0.39, 0.29) is 5.91 Å². The molecule has 0 bridgehead atoms. The van der Waals surface area contributed by atoms with E-state index in [0.29, 0.717) is 22.9 Å². The van der Waals surface area contributed by atoms with Crippen molar-refractivity contribution in [1.82, 2.24) is 25.2 Å². The molecule has 6 nitrogen and oxygen atoms in total. The summed E-state index contributed by atoms with van der Waals surface area (Å²) in [6, 6.07) is 0. The molecule has 0 aliphatic heterocycles. The van der Waals surface area contributed by atoms with Crippen LogP contribution in [0.25, 0.3) is 10.7 Å². The molecule has 7 heteroatoms. The lowest BCUT2D eigenvalue weighted by atomic mass is 10.4. The van der Waals surface area contributed by atoms with Crippen molar-refractivity contribution >= 4 is 17.2 Å². The van der Waals surface area contributed by atoms with Gasteiger partial charge in [0.1, 0.15) is 16.4 Å². The third kappa shape index (κ3) is 3.33. The molecule has 2 aromatic rings. The van der Waals surface area contributed by atoms with E-state index in [4.69, 9.17) is 0 Å². The quantitative estimate of drug-likeness (QED) is 0.879. The van der Waals surface area contributed by atoms with Crippen LogP contribution >= 0.6 is 11.3 Å². The second kappa shape index (κ2) is 6.35. The molecule has 0 saturated carbocycles. The minimum atomic E-state index is -0.0818. The van der Waals surface area contributed by atoms with Crippen LogP contribution in [0.2, 0.25) is 0 Å². The first-order valence-electron chi connectivity index (χ1n) is 5.84. The Morgan fingerprint density at radius 3 is 3.00 bits per heavy atom. The normalized spacial score (nSPS) is 10.4. The molecule has 1 amide bonds. The first-order valence-corrected chi connectivity index (χ1v) is 6.72. The van der Waals surface area contributed by atoms with Gasteiger partial charge in [-0.3, -0.25) is 14.8 Å². The Balaban J connectivity index is 2.11. The Hall–Kier alpha value is -1.86. The highest BCUT2D eigenvalue weighted by molar-refractivity contribution is 7.13. The molecule has 100 valence electrons. The molecule has 0 aliphatic rings. The van der Waals surface area contributed by atoms with Gasteiger partial charge >= 0.3 is 0 Å². The minimum absolute atomic E-state index is 0.0818. The van der Waals surface area contributed by atoms with Crippen molar-refractivity contribution in [1.29, 1.82) is 0 Å². The van der Waals surface area contributed by atoms with Crippen molar-refractivity contribution in [3.8, 4) is 10.7 Å². The summed E-state index contributed by atoms with van der Waals surface area (Å²) in [7, 11) is 3.62. The zero-order chi connectivity index (χ0) is 13.7. The number of aromatic nitrogens is 3. The smallest absolute Gasteiger partial charge is 0.273 e. The predicted octanol–water partition coefficient (Wildman–Crippen LogP) is 0.892. The molecule has 0 aromatic carbocycles. The minimum Gasteiger partial charge on any atom is -0.339 e. The molecule has 0 unspecified atom stereocenters. The fourth-order valence-corrected chi connectivity index (χ4v) is 2.23. The number of hydrogen-bond donors (Lipinski definition) is 1. The molecule has 2 rings (SSSR count). The topological polar surface area (TPSA) is 71.0 Å². The van der Waals surface area contributed by atoms with E-state index < -0.39 is 0 Å². The van der Waals surface area contributed by atoms with Gasteiger partial charge in [0.05, 0.1) is 6.20 Å². The number of amides is 1. The number of hydrogen-bond acceptors (Lipinski definition) is 6. The van der Waals surface area contributed by atoms with E-state index in [1.54, 1.807) is 35.9 Å². The van der Waals surface area contributed by atoms with Gasteiger partial charge in [0.2, 0.25) is 0 Å². The van der Waals surface area contributed by atoms with Gasteiger partial charge in [-0.25, -0.2) is 4.98 Å². The average molecular weight is 277 g/mol. The highest BCUT2D eigenvalue weighted by Gasteiger charge is 2.16. The van der Waals surface area contributed by atoms with E-state index in [9.17, 15) is 4.79 Å². The van der Waals surface area contributed by atoms with Crippen LogP contribution in [-0.2, 0) is 0 Å². The van der Waals surface area contributed by atoms with Gasteiger partial charge < -0.3 is 10.2 Å². The van der Waals surface area contributed by atoms with Gasteiger partial charge in [0.25, 0.3) is 5.91 Å². The standard InChI is InChI=1S/C12H15N5OS/c1-13-5-6-17(2)12(18)10-8-19-11(16-10)9-7-14-3-4-15-9/h3-4,7-8,13H,5-6H2,1-2H3. The van der Waals surface area contributed by atoms with Crippen molar-refractivity contribution in [3.05, 3.63) is 29.7 Å². The Kier molecular flexibility index (Phi) is 4.53. The van der Waals surface area contributed by atoms with Gasteiger partial charge in [0.15, 0.2) is 0 Å². The molecule has 19 heavy (non-hydrogen) atoms. The highest BCUT2D eigenvalue weighted by Crippen LogP contribution is 2.21. The average Bonchev–Trinajstić information content (AvgIpc) is 2.94. The fourth-order valence-electron chi connectivity index (χ4n) is 1.48. The van der Waals surface area contributed by atoms with E-state index in [2.05, 4.69) is 20.3 Å². The molecule has 0 aliphatic carbocycles. The first-order chi connectivity index (χ1) is 9.22.